The van der Waals surface area contributed by atoms with Gasteiger partial charge in [-0.3, -0.25) is 4.79 Å². The molecule has 2 aromatic carbocycles. The number of aliphatic hydroxyl groups is 1. The number of methoxy groups -OCH3 is 2. The van der Waals surface area contributed by atoms with Crippen molar-refractivity contribution in [3.63, 3.8) is 0 Å². The molecule has 7 nitrogen and oxygen atoms in total. The van der Waals surface area contributed by atoms with Gasteiger partial charge < -0.3 is 28.8 Å². The van der Waals surface area contributed by atoms with Crippen molar-refractivity contribution in [3.8, 4) is 23.0 Å². The molecule has 7 heteroatoms. The van der Waals surface area contributed by atoms with Crippen LogP contribution < -0.4 is 18.9 Å². The van der Waals surface area contributed by atoms with Crippen LogP contribution in [0.4, 0.5) is 0 Å². The van der Waals surface area contributed by atoms with Gasteiger partial charge in [-0.25, -0.2) is 0 Å². The molecule has 146 valence electrons. The number of hydrogen-bond donors (Lipinski definition) is 1. The van der Waals surface area contributed by atoms with Gasteiger partial charge in [-0.2, -0.15) is 0 Å². The Morgan fingerprint density at radius 3 is 2.21 bits per heavy atom. The van der Waals surface area contributed by atoms with Gasteiger partial charge in [0, 0.05) is 17.9 Å². The summed E-state index contributed by atoms with van der Waals surface area (Å²) in [4.78, 5) is 12.6. The van der Waals surface area contributed by atoms with Gasteiger partial charge in [0.1, 0.15) is 11.5 Å². The van der Waals surface area contributed by atoms with Gasteiger partial charge in [0.2, 0.25) is 6.79 Å². The number of ether oxygens (including phenoxy) is 5. The lowest BCUT2D eigenvalue weighted by Crippen LogP contribution is -2.34. The highest BCUT2D eigenvalue weighted by atomic mass is 16.7. The summed E-state index contributed by atoms with van der Waals surface area (Å²) in [5.74, 6) is 1.01. The van der Waals surface area contributed by atoms with Crippen molar-refractivity contribution in [2.75, 3.05) is 27.6 Å². The summed E-state index contributed by atoms with van der Waals surface area (Å²) in [7, 11) is 3.17. The Morgan fingerprint density at radius 2 is 1.57 bits per heavy atom. The van der Waals surface area contributed by atoms with Gasteiger partial charge in [0.25, 0.3) is 0 Å². The molecule has 2 heterocycles. The highest BCUT2D eigenvalue weighted by Crippen LogP contribution is 2.54. The Balaban J connectivity index is 1.73. The van der Waals surface area contributed by atoms with Crippen molar-refractivity contribution in [2.45, 2.75) is 12.0 Å². The molecule has 0 spiro atoms. The molecule has 5 rings (SSSR count). The lowest BCUT2D eigenvalue weighted by molar-refractivity contribution is -0.141. The number of carbonyl (C=O) groups excluding carboxylic acids is 1. The molecule has 2 aromatic rings. The van der Waals surface area contributed by atoms with E-state index in [4.69, 9.17) is 23.7 Å². The fourth-order valence-corrected chi connectivity index (χ4v) is 4.54. The van der Waals surface area contributed by atoms with Crippen molar-refractivity contribution < 1.29 is 33.6 Å². The standard InChI is InChI=1S/C21H20O7/c1-24-11-3-10(4-12(5-11)25-2)18-13-6-16-17(28-9-27-16)7-14(13)20(22)15-8-26-21(23)19(15)18/h3-7,15,18-20,22H,8-9H2,1-2H3/t15?,18-,19-,20+/m1/s1. The summed E-state index contributed by atoms with van der Waals surface area (Å²) in [5.41, 5.74) is 2.42. The number of benzene rings is 2. The number of carbonyl (C=O) groups is 1. The molecule has 0 aromatic heterocycles. The van der Waals surface area contributed by atoms with Crippen LogP contribution in [0.25, 0.3) is 0 Å². The normalized spacial score (nSPS) is 27.0. The Hall–Kier alpha value is -2.93. The Labute approximate surface area is 161 Å². The van der Waals surface area contributed by atoms with Crippen molar-refractivity contribution >= 4 is 5.97 Å². The quantitative estimate of drug-likeness (QED) is 0.814. The van der Waals surface area contributed by atoms with E-state index in [1.54, 1.807) is 20.3 Å². The van der Waals surface area contributed by atoms with Crippen LogP contribution in [0.5, 0.6) is 23.0 Å². The minimum Gasteiger partial charge on any atom is -0.497 e. The molecular formula is C21H20O7. The van der Waals surface area contributed by atoms with Crippen LogP contribution in [0.2, 0.25) is 0 Å². The van der Waals surface area contributed by atoms with Crippen molar-refractivity contribution in [2.24, 2.45) is 11.8 Å². The smallest absolute Gasteiger partial charge is 0.310 e. The topological polar surface area (TPSA) is 83.5 Å². The van der Waals surface area contributed by atoms with Crippen LogP contribution in [0, 0.1) is 11.8 Å². The van der Waals surface area contributed by atoms with E-state index < -0.39 is 12.0 Å². The van der Waals surface area contributed by atoms with Crippen LogP contribution in [-0.2, 0) is 9.53 Å². The minimum absolute atomic E-state index is 0.140. The minimum atomic E-state index is -0.815. The molecular weight excluding hydrogens is 364 g/mol. The van der Waals surface area contributed by atoms with Crippen LogP contribution in [-0.4, -0.2) is 38.7 Å². The van der Waals surface area contributed by atoms with Crippen LogP contribution in [0.1, 0.15) is 28.7 Å². The molecule has 1 fully saturated rings. The van der Waals surface area contributed by atoms with Crippen molar-refractivity contribution in [1.29, 1.82) is 0 Å². The Morgan fingerprint density at radius 1 is 0.929 bits per heavy atom. The zero-order valence-electron chi connectivity index (χ0n) is 15.5. The van der Waals surface area contributed by atoms with E-state index in [9.17, 15) is 9.90 Å². The van der Waals surface area contributed by atoms with Crippen molar-refractivity contribution in [1.82, 2.24) is 0 Å². The monoisotopic (exact) mass is 384 g/mol. The third-order valence-electron chi connectivity index (χ3n) is 5.88. The van der Waals surface area contributed by atoms with E-state index in [1.807, 2.05) is 24.3 Å². The molecule has 1 unspecified atom stereocenters. The highest BCUT2D eigenvalue weighted by Gasteiger charge is 2.52. The summed E-state index contributed by atoms with van der Waals surface area (Å²) in [6.45, 7) is 0.330. The molecule has 1 aliphatic carbocycles. The average Bonchev–Trinajstić information content (AvgIpc) is 3.33. The van der Waals surface area contributed by atoms with E-state index in [2.05, 4.69) is 0 Å². The third-order valence-corrected chi connectivity index (χ3v) is 5.88. The van der Waals surface area contributed by atoms with E-state index >= 15 is 0 Å². The Bertz CT molecular complexity index is 932. The lowest BCUT2D eigenvalue weighted by Gasteiger charge is -2.36. The number of esters is 1. The molecule has 28 heavy (non-hydrogen) atoms. The predicted molar refractivity (Wildman–Crippen MR) is 96.9 cm³/mol. The first kappa shape index (κ1) is 17.2. The number of fused-ring (bicyclic) bond motifs is 3. The number of rotatable bonds is 3. The van der Waals surface area contributed by atoms with Gasteiger partial charge in [0.15, 0.2) is 11.5 Å². The van der Waals surface area contributed by atoms with Gasteiger partial charge in [-0.15, -0.1) is 0 Å². The molecule has 0 bridgehead atoms. The van der Waals surface area contributed by atoms with Crippen LogP contribution in [0.15, 0.2) is 30.3 Å². The number of cyclic esters (lactones) is 1. The second-order valence-corrected chi connectivity index (χ2v) is 7.22. The third kappa shape index (κ3) is 2.43. The first-order chi connectivity index (χ1) is 13.6. The van der Waals surface area contributed by atoms with Gasteiger partial charge >= 0.3 is 5.97 Å². The highest BCUT2D eigenvalue weighted by molar-refractivity contribution is 5.78. The second-order valence-electron chi connectivity index (χ2n) is 7.22. The molecule has 2 aliphatic heterocycles. The summed E-state index contributed by atoms with van der Waals surface area (Å²) in [6.07, 6.45) is -0.815. The molecule has 1 N–H and O–H groups in total. The summed E-state index contributed by atoms with van der Waals surface area (Å²) < 4.78 is 27.2. The summed E-state index contributed by atoms with van der Waals surface area (Å²) in [5, 5.41) is 11.0. The van der Waals surface area contributed by atoms with Crippen molar-refractivity contribution in [3.05, 3.63) is 47.0 Å². The Kier molecular flexibility index (Phi) is 3.87. The van der Waals surface area contributed by atoms with E-state index in [-0.39, 0.29) is 31.2 Å². The van der Waals surface area contributed by atoms with E-state index in [1.165, 1.54) is 0 Å². The fraction of sp³-hybridized carbons (Fsp3) is 0.381. The second kappa shape index (κ2) is 6.31. The largest absolute Gasteiger partial charge is 0.497 e. The molecule has 3 aliphatic rings. The zero-order chi connectivity index (χ0) is 19.4. The van der Waals surface area contributed by atoms with E-state index in [0.29, 0.717) is 23.0 Å². The number of aliphatic hydroxyl groups excluding tert-OH is 1. The summed E-state index contributed by atoms with van der Waals surface area (Å²) in [6, 6.07) is 9.24. The van der Waals surface area contributed by atoms with Gasteiger partial charge in [-0.1, -0.05) is 0 Å². The molecule has 1 saturated heterocycles. The molecule has 0 radical (unpaired) electrons. The maximum absolute atomic E-state index is 12.6. The molecule has 0 amide bonds. The molecule has 0 saturated carbocycles. The van der Waals surface area contributed by atoms with Gasteiger partial charge in [0.05, 0.1) is 32.8 Å². The number of hydrogen-bond acceptors (Lipinski definition) is 7. The van der Waals surface area contributed by atoms with E-state index in [0.717, 1.165) is 16.7 Å². The zero-order valence-corrected chi connectivity index (χ0v) is 15.5. The summed E-state index contributed by atoms with van der Waals surface area (Å²) >= 11 is 0. The lowest BCUT2D eigenvalue weighted by atomic mass is 9.66. The average molecular weight is 384 g/mol. The maximum Gasteiger partial charge on any atom is 0.310 e. The van der Waals surface area contributed by atoms with Crippen LogP contribution >= 0.6 is 0 Å². The first-order valence-electron chi connectivity index (χ1n) is 9.12. The van der Waals surface area contributed by atoms with Crippen LogP contribution in [0.3, 0.4) is 0 Å². The van der Waals surface area contributed by atoms with Gasteiger partial charge in [-0.05, 0) is 41.0 Å². The predicted octanol–water partition coefficient (Wildman–Crippen LogP) is 2.40. The molecule has 4 atom stereocenters. The first-order valence-corrected chi connectivity index (χ1v) is 9.12. The maximum atomic E-state index is 12.6. The fourth-order valence-electron chi connectivity index (χ4n) is 4.54. The SMILES string of the molecule is COc1cc(OC)cc([C@@H]2c3cc4c(cc3[C@H](O)C3COC(=O)[C@H]32)OCO4)c1.